The van der Waals surface area contributed by atoms with Crippen LogP contribution in [0.25, 0.3) is 0 Å². The van der Waals surface area contributed by atoms with Gasteiger partial charge in [0.25, 0.3) is 0 Å². The van der Waals surface area contributed by atoms with Gasteiger partial charge in [-0.1, -0.05) is 6.58 Å². The summed E-state index contributed by atoms with van der Waals surface area (Å²) in [5.74, 6) is 0.810. The minimum absolute atomic E-state index is 0.0367. The Morgan fingerprint density at radius 3 is 2.53 bits per heavy atom. The van der Waals surface area contributed by atoms with Crippen molar-refractivity contribution < 1.29 is 14.3 Å². The Morgan fingerprint density at radius 1 is 1.35 bits per heavy atom. The second-order valence-corrected chi connectivity index (χ2v) is 4.42. The van der Waals surface area contributed by atoms with Gasteiger partial charge in [0.2, 0.25) is 0 Å². The third-order valence-corrected chi connectivity index (χ3v) is 2.96. The zero-order valence-electron chi connectivity index (χ0n) is 10.9. The molecule has 0 aromatic heterocycles. The Kier molecular flexibility index (Phi) is 6.05. The molecule has 98 valence electrons. The highest BCUT2D eigenvalue weighted by Crippen LogP contribution is 2.18. The van der Waals surface area contributed by atoms with Crippen LogP contribution in [-0.2, 0) is 14.3 Å². The maximum Gasteiger partial charge on any atom is 0.309 e. The molecule has 0 saturated carbocycles. The lowest BCUT2D eigenvalue weighted by atomic mass is 9.97. The first-order chi connectivity index (χ1) is 8.13. The molecule has 4 nitrogen and oxygen atoms in total. The summed E-state index contributed by atoms with van der Waals surface area (Å²) in [5.41, 5.74) is 0. The highest BCUT2D eigenvalue weighted by molar-refractivity contribution is 5.72. The van der Waals surface area contributed by atoms with Crippen LogP contribution >= 0.6 is 0 Å². The van der Waals surface area contributed by atoms with Gasteiger partial charge in [-0.2, -0.15) is 0 Å². The van der Waals surface area contributed by atoms with Gasteiger partial charge in [-0.3, -0.25) is 9.69 Å². The van der Waals surface area contributed by atoms with Crippen molar-refractivity contribution in [1.29, 1.82) is 0 Å². The first kappa shape index (κ1) is 14.0. The highest BCUT2D eigenvalue weighted by Gasteiger charge is 2.25. The molecule has 1 rings (SSSR count). The van der Waals surface area contributed by atoms with Gasteiger partial charge in [-0.25, -0.2) is 0 Å². The monoisotopic (exact) mass is 241 g/mol. The zero-order valence-corrected chi connectivity index (χ0v) is 10.9. The number of esters is 1. The SMILES string of the molecule is C=C(C)OCCN1CCC(C(=O)OCC)CC1. The third kappa shape index (κ3) is 5.22. The van der Waals surface area contributed by atoms with Crippen LogP contribution in [0.3, 0.4) is 0 Å². The number of hydrogen-bond donors (Lipinski definition) is 0. The molecule has 0 N–H and O–H groups in total. The summed E-state index contributed by atoms with van der Waals surface area (Å²) in [6, 6.07) is 0. The lowest BCUT2D eigenvalue weighted by Crippen LogP contribution is -2.38. The number of allylic oxidation sites excluding steroid dienone is 1. The quantitative estimate of drug-likeness (QED) is 0.525. The molecule has 0 radical (unpaired) electrons. The number of ether oxygens (including phenoxy) is 2. The number of nitrogens with zero attached hydrogens (tertiary/aromatic N) is 1. The molecule has 1 saturated heterocycles. The predicted octanol–water partition coefficient (Wildman–Crippen LogP) is 1.81. The molecule has 0 aromatic carbocycles. The van der Waals surface area contributed by atoms with Gasteiger partial charge in [-0.15, -0.1) is 0 Å². The number of piperidine rings is 1. The zero-order chi connectivity index (χ0) is 12.7. The standard InChI is InChI=1S/C13H23NO3/c1-4-16-13(15)12-5-7-14(8-6-12)9-10-17-11(2)3/h12H,2,4-10H2,1,3H3. The molecular weight excluding hydrogens is 218 g/mol. The van der Waals surface area contributed by atoms with Crippen molar-refractivity contribution in [2.75, 3.05) is 32.8 Å². The topological polar surface area (TPSA) is 38.8 Å². The van der Waals surface area contributed by atoms with Gasteiger partial charge in [0, 0.05) is 6.54 Å². The van der Waals surface area contributed by atoms with Gasteiger partial charge in [0.15, 0.2) is 0 Å². The minimum atomic E-state index is -0.0367. The Bertz CT molecular complexity index is 257. The number of carbonyl (C=O) groups excluding carboxylic acids is 1. The Morgan fingerprint density at radius 2 is 2.00 bits per heavy atom. The van der Waals surface area contributed by atoms with Crippen LogP contribution in [0.15, 0.2) is 12.3 Å². The molecule has 0 spiro atoms. The summed E-state index contributed by atoms with van der Waals surface area (Å²) in [6.07, 6.45) is 1.79. The summed E-state index contributed by atoms with van der Waals surface area (Å²) in [7, 11) is 0. The molecule has 1 fully saturated rings. The van der Waals surface area contributed by atoms with Crippen LogP contribution in [0, 0.1) is 5.92 Å². The molecule has 0 bridgehead atoms. The first-order valence-electron chi connectivity index (χ1n) is 6.30. The van der Waals surface area contributed by atoms with Crippen molar-refractivity contribution in [3.8, 4) is 0 Å². The van der Waals surface area contributed by atoms with Gasteiger partial charge >= 0.3 is 5.97 Å². The summed E-state index contributed by atoms with van der Waals surface area (Å²) < 4.78 is 10.4. The molecule has 1 aliphatic heterocycles. The smallest absolute Gasteiger partial charge is 0.309 e. The summed E-state index contributed by atoms with van der Waals surface area (Å²) in [4.78, 5) is 13.8. The van der Waals surface area contributed by atoms with Crippen LogP contribution < -0.4 is 0 Å². The van der Waals surface area contributed by atoms with E-state index in [1.807, 2.05) is 13.8 Å². The van der Waals surface area contributed by atoms with E-state index in [0.717, 1.165) is 38.2 Å². The molecule has 1 heterocycles. The van der Waals surface area contributed by atoms with Crippen LogP contribution in [0.5, 0.6) is 0 Å². The third-order valence-electron chi connectivity index (χ3n) is 2.96. The van der Waals surface area contributed by atoms with E-state index in [0.29, 0.717) is 13.2 Å². The van der Waals surface area contributed by atoms with E-state index in [4.69, 9.17) is 9.47 Å². The lowest BCUT2D eigenvalue weighted by molar-refractivity contribution is -0.149. The average molecular weight is 241 g/mol. The molecular formula is C13H23NO3. The Balaban J connectivity index is 2.17. The second-order valence-electron chi connectivity index (χ2n) is 4.42. The van der Waals surface area contributed by atoms with Crippen molar-refractivity contribution in [2.24, 2.45) is 5.92 Å². The van der Waals surface area contributed by atoms with Crippen molar-refractivity contribution in [3.05, 3.63) is 12.3 Å². The fourth-order valence-electron chi connectivity index (χ4n) is 2.00. The van der Waals surface area contributed by atoms with E-state index >= 15 is 0 Å². The Hall–Kier alpha value is -1.03. The Labute approximate surface area is 104 Å². The number of rotatable bonds is 6. The summed E-state index contributed by atoms with van der Waals surface area (Å²) in [6.45, 7) is 11.4. The average Bonchev–Trinajstić information content (AvgIpc) is 2.30. The van der Waals surface area contributed by atoms with E-state index in [1.54, 1.807) is 0 Å². The maximum atomic E-state index is 11.5. The molecule has 1 aliphatic rings. The van der Waals surface area contributed by atoms with E-state index in [1.165, 1.54) is 0 Å². The van der Waals surface area contributed by atoms with Gasteiger partial charge in [0.1, 0.15) is 6.61 Å². The van der Waals surface area contributed by atoms with Gasteiger partial charge < -0.3 is 9.47 Å². The number of hydrogen-bond acceptors (Lipinski definition) is 4. The minimum Gasteiger partial charge on any atom is -0.498 e. The van der Waals surface area contributed by atoms with Crippen LogP contribution in [-0.4, -0.2) is 43.7 Å². The number of carbonyl (C=O) groups is 1. The molecule has 0 atom stereocenters. The van der Waals surface area contributed by atoms with E-state index in [-0.39, 0.29) is 11.9 Å². The maximum absolute atomic E-state index is 11.5. The van der Waals surface area contributed by atoms with E-state index in [9.17, 15) is 4.79 Å². The van der Waals surface area contributed by atoms with Crippen molar-refractivity contribution in [3.63, 3.8) is 0 Å². The van der Waals surface area contributed by atoms with Crippen molar-refractivity contribution in [1.82, 2.24) is 4.90 Å². The van der Waals surface area contributed by atoms with E-state index < -0.39 is 0 Å². The number of likely N-dealkylation sites (tertiary alicyclic amines) is 1. The fraction of sp³-hybridized carbons (Fsp3) is 0.769. The molecule has 17 heavy (non-hydrogen) atoms. The van der Waals surface area contributed by atoms with Gasteiger partial charge in [-0.05, 0) is 39.8 Å². The van der Waals surface area contributed by atoms with Crippen molar-refractivity contribution in [2.45, 2.75) is 26.7 Å². The largest absolute Gasteiger partial charge is 0.498 e. The molecule has 0 unspecified atom stereocenters. The lowest BCUT2D eigenvalue weighted by Gasteiger charge is -2.30. The van der Waals surface area contributed by atoms with Crippen LogP contribution in [0.4, 0.5) is 0 Å². The molecule has 0 aromatic rings. The molecule has 0 amide bonds. The molecule has 0 aliphatic carbocycles. The first-order valence-corrected chi connectivity index (χ1v) is 6.30. The normalized spacial score (nSPS) is 17.8. The second kappa shape index (κ2) is 7.33. The van der Waals surface area contributed by atoms with E-state index in [2.05, 4.69) is 11.5 Å². The summed E-state index contributed by atoms with van der Waals surface area (Å²) >= 11 is 0. The van der Waals surface area contributed by atoms with Gasteiger partial charge in [0.05, 0.1) is 18.3 Å². The summed E-state index contributed by atoms with van der Waals surface area (Å²) in [5, 5.41) is 0. The highest BCUT2D eigenvalue weighted by atomic mass is 16.5. The van der Waals surface area contributed by atoms with Crippen LogP contribution in [0.2, 0.25) is 0 Å². The van der Waals surface area contributed by atoms with Crippen molar-refractivity contribution >= 4 is 5.97 Å². The molecule has 4 heteroatoms. The predicted molar refractivity (Wildman–Crippen MR) is 66.6 cm³/mol. The fourth-order valence-corrected chi connectivity index (χ4v) is 2.00. The van der Waals surface area contributed by atoms with Crippen LogP contribution in [0.1, 0.15) is 26.7 Å².